The van der Waals surface area contributed by atoms with Crippen LogP contribution in [0.5, 0.6) is 5.75 Å². The molecule has 0 saturated heterocycles. The van der Waals surface area contributed by atoms with Gasteiger partial charge < -0.3 is 14.8 Å². The van der Waals surface area contributed by atoms with Gasteiger partial charge in [-0.1, -0.05) is 12.1 Å². The molecular weight excluding hydrogens is 155 g/mol. The lowest BCUT2D eigenvalue weighted by Gasteiger charge is -2.05. The van der Waals surface area contributed by atoms with Crippen LogP contribution in [-0.4, -0.2) is 24.3 Å². The van der Waals surface area contributed by atoms with E-state index in [4.69, 9.17) is 18.9 Å². The first-order valence-corrected chi connectivity index (χ1v) is 3.41. The van der Waals surface area contributed by atoms with Gasteiger partial charge in [0.25, 0.3) is 0 Å². The van der Waals surface area contributed by atoms with Gasteiger partial charge in [-0.2, -0.15) is 0 Å². The van der Waals surface area contributed by atoms with Gasteiger partial charge in [-0.3, -0.25) is 0 Å². The maximum atomic E-state index is 8.91. The zero-order chi connectivity index (χ0) is 11.6. The third-order valence-electron chi connectivity index (χ3n) is 1.52. The smallest absolute Gasteiger partial charge is 0.488 e. The van der Waals surface area contributed by atoms with E-state index in [1.165, 1.54) is 25.3 Å². The van der Waals surface area contributed by atoms with Crippen LogP contribution in [0, 0.1) is 6.85 Å². The van der Waals surface area contributed by atoms with E-state index in [0.29, 0.717) is 0 Å². The summed E-state index contributed by atoms with van der Waals surface area (Å²) >= 11 is 0. The molecule has 0 aliphatic heterocycles. The first kappa shape index (κ1) is 5.62. The van der Waals surface area contributed by atoms with Crippen LogP contribution in [-0.2, 0) is 0 Å². The molecule has 64 valence electrons. The highest BCUT2D eigenvalue weighted by atomic mass is 16.5. The molecule has 1 rings (SSSR count). The summed E-state index contributed by atoms with van der Waals surface area (Å²) in [5, 5.41) is 17.8. The third-order valence-corrected chi connectivity index (χ3v) is 1.52. The Morgan fingerprint density at radius 3 is 2.75 bits per heavy atom. The van der Waals surface area contributed by atoms with Crippen LogP contribution in [0.15, 0.2) is 18.2 Å². The summed E-state index contributed by atoms with van der Waals surface area (Å²) in [6.45, 7) is -2.34. The van der Waals surface area contributed by atoms with E-state index in [1.807, 2.05) is 0 Å². The molecule has 3 nitrogen and oxygen atoms in total. The lowest BCUT2D eigenvalue weighted by molar-refractivity contribution is 0.411. The normalized spacial score (nSPS) is 14.4. The van der Waals surface area contributed by atoms with Gasteiger partial charge in [0.15, 0.2) is 0 Å². The second kappa shape index (κ2) is 3.60. The Morgan fingerprint density at radius 1 is 1.50 bits per heavy atom. The molecule has 0 amide bonds. The molecule has 4 heteroatoms. The second-order valence-electron chi connectivity index (χ2n) is 2.33. The highest BCUT2D eigenvalue weighted by Gasteiger charge is 2.11. The summed E-state index contributed by atoms with van der Waals surface area (Å²) in [5.41, 5.74) is 0.0949. The minimum Gasteiger partial charge on any atom is -0.496 e. The van der Waals surface area contributed by atoms with Crippen molar-refractivity contribution in [1.82, 2.24) is 0 Å². The van der Waals surface area contributed by atoms with E-state index >= 15 is 0 Å². The Hall–Kier alpha value is -0.995. The van der Waals surface area contributed by atoms with Crippen LogP contribution in [0.25, 0.3) is 0 Å². The van der Waals surface area contributed by atoms with Gasteiger partial charge in [-0.15, -0.1) is 0 Å². The van der Waals surface area contributed by atoms with Gasteiger partial charge in [-0.05, 0) is 23.9 Å². The Kier molecular flexibility index (Phi) is 1.69. The fraction of sp³-hybridized carbons (Fsp3) is 0.250. The van der Waals surface area contributed by atoms with Crippen molar-refractivity contribution < 1.29 is 18.9 Å². The molecule has 0 radical (unpaired) electrons. The van der Waals surface area contributed by atoms with Crippen LogP contribution in [0.3, 0.4) is 0 Å². The van der Waals surface area contributed by atoms with E-state index in [1.54, 1.807) is 0 Å². The summed E-state index contributed by atoms with van der Waals surface area (Å²) in [6.07, 6.45) is 0. The van der Waals surface area contributed by atoms with Crippen LogP contribution < -0.4 is 10.2 Å². The third kappa shape index (κ3) is 1.78. The fourth-order valence-corrected chi connectivity index (χ4v) is 0.886. The molecule has 0 aliphatic rings. The largest absolute Gasteiger partial charge is 0.496 e. The zero-order valence-corrected chi connectivity index (χ0v) is 6.61. The molecule has 0 saturated carbocycles. The van der Waals surface area contributed by atoms with Gasteiger partial charge >= 0.3 is 7.12 Å². The van der Waals surface area contributed by atoms with Gasteiger partial charge in [0.05, 0.1) is 7.11 Å². The molecule has 2 N–H and O–H groups in total. The van der Waals surface area contributed by atoms with Crippen molar-refractivity contribution in [3.8, 4) is 5.75 Å². The van der Waals surface area contributed by atoms with Gasteiger partial charge in [0.2, 0.25) is 0 Å². The summed E-state index contributed by atoms with van der Waals surface area (Å²) < 4.78 is 26.6. The van der Waals surface area contributed by atoms with Crippen LogP contribution in [0.1, 0.15) is 9.68 Å². The quantitative estimate of drug-likeness (QED) is 0.596. The number of aryl methyl sites for hydroxylation is 1. The zero-order valence-electron chi connectivity index (χ0n) is 9.61. The van der Waals surface area contributed by atoms with E-state index in [2.05, 4.69) is 0 Å². The number of methoxy groups -OCH3 is 1. The highest BCUT2D eigenvalue weighted by Crippen LogP contribution is 2.13. The Bertz CT molecular complexity index is 351. The van der Waals surface area contributed by atoms with E-state index in [-0.39, 0.29) is 16.8 Å². The number of hydrogen-bond donors (Lipinski definition) is 2. The van der Waals surface area contributed by atoms with Crippen LogP contribution in [0.2, 0.25) is 0 Å². The lowest BCUT2D eigenvalue weighted by Crippen LogP contribution is -2.29. The molecule has 0 atom stereocenters. The van der Waals surface area contributed by atoms with Crippen molar-refractivity contribution in [2.45, 2.75) is 6.85 Å². The monoisotopic (exact) mass is 169 g/mol. The fourth-order valence-electron chi connectivity index (χ4n) is 0.886. The van der Waals surface area contributed by atoms with Gasteiger partial charge in [0.1, 0.15) is 5.75 Å². The first-order chi connectivity index (χ1) is 6.86. The molecule has 1 aromatic rings. The Morgan fingerprint density at radius 2 is 2.25 bits per heavy atom. The van der Waals surface area contributed by atoms with Crippen molar-refractivity contribution >= 4 is 12.6 Å². The van der Waals surface area contributed by atoms with Gasteiger partial charge in [-0.25, -0.2) is 0 Å². The minimum absolute atomic E-state index is 0.0319. The van der Waals surface area contributed by atoms with Crippen molar-refractivity contribution in [3.05, 3.63) is 23.8 Å². The number of ether oxygens (including phenoxy) is 1. The van der Waals surface area contributed by atoms with Crippen molar-refractivity contribution in [2.24, 2.45) is 0 Å². The molecule has 0 aliphatic carbocycles. The average molecular weight is 169 g/mol. The first-order valence-electron chi connectivity index (χ1n) is 4.91. The Labute approximate surface area is 76.0 Å². The number of benzene rings is 1. The molecule has 0 bridgehead atoms. The minimum atomic E-state index is -2.34. The molecule has 12 heavy (non-hydrogen) atoms. The number of rotatable bonds is 2. The van der Waals surface area contributed by atoms with E-state index in [0.717, 1.165) is 0 Å². The predicted molar refractivity (Wildman–Crippen MR) is 47.6 cm³/mol. The summed E-state index contributed by atoms with van der Waals surface area (Å²) in [6, 6.07) is 4.01. The molecule has 0 unspecified atom stereocenters. The standard InChI is InChI=1S/C8H11BO3/c1-6-5-7(9(10)11)3-4-8(6)12-2/h3-5,10-11H,1-2H3/i1D3. The van der Waals surface area contributed by atoms with E-state index in [9.17, 15) is 0 Å². The SMILES string of the molecule is [2H]C([2H])([2H])c1cc(B(O)O)ccc1OC. The molecule has 0 heterocycles. The van der Waals surface area contributed by atoms with Gasteiger partial charge in [0, 0.05) is 4.11 Å². The topological polar surface area (TPSA) is 49.7 Å². The Balaban J connectivity index is 3.26. The summed E-state index contributed by atoms with van der Waals surface area (Å²) in [7, 11) is -0.323. The molecule has 0 fully saturated rings. The van der Waals surface area contributed by atoms with Crippen molar-refractivity contribution in [1.29, 1.82) is 0 Å². The lowest BCUT2D eigenvalue weighted by atomic mass is 9.79. The molecular formula is C8H11BO3. The maximum absolute atomic E-state index is 8.91. The van der Waals surface area contributed by atoms with Crippen LogP contribution >= 0.6 is 0 Å². The highest BCUT2D eigenvalue weighted by molar-refractivity contribution is 6.58. The van der Waals surface area contributed by atoms with Crippen molar-refractivity contribution in [2.75, 3.05) is 7.11 Å². The maximum Gasteiger partial charge on any atom is 0.488 e. The summed E-state index contributed by atoms with van der Waals surface area (Å²) in [4.78, 5) is 0. The molecule has 0 aromatic heterocycles. The molecule has 0 spiro atoms. The number of hydrogen-bond acceptors (Lipinski definition) is 3. The average Bonchev–Trinajstić information content (AvgIpc) is 2.15. The predicted octanol–water partition coefficient (Wildman–Crippen LogP) is -0.317. The van der Waals surface area contributed by atoms with Crippen LogP contribution in [0.4, 0.5) is 0 Å². The molecule has 1 aromatic carbocycles. The second-order valence-corrected chi connectivity index (χ2v) is 2.33. The van der Waals surface area contributed by atoms with E-state index < -0.39 is 14.0 Å². The summed E-state index contributed by atoms with van der Waals surface area (Å²) in [5.74, 6) is 0.208. The van der Waals surface area contributed by atoms with Crippen molar-refractivity contribution in [3.63, 3.8) is 0 Å².